The topological polar surface area (TPSA) is 35.2 Å². The smallest absolute Gasteiger partial charge is 0.0580 e. The second kappa shape index (κ2) is 6.59. The van der Waals surface area contributed by atoms with Crippen molar-refractivity contribution in [1.29, 1.82) is 0 Å². The molecule has 2 nitrogen and oxygen atoms in total. The van der Waals surface area contributed by atoms with Gasteiger partial charge in [0, 0.05) is 12.6 Å². The maximum Gasteiger partial charge on any atom is 0.0580 e. The first kappa shape index (κ1) is 14.6. The summed E-state index contributed by atoms with van der Waals surface area (Å²) in [5, 5.41) is 2.61. The van der Waals surface area contributed by atoms with E-state index in [0.29, 0.717) is 6.10 Å². The van der Waals surface area contributed by atoms with Crippen molar-refractivity contribution < 1.29 is 4.74 Å². The Kier molecular flexibility index (Phi) is 4.57. The predicted molar refractivity (Wildman–Crippen MR) is 88.4 cm³/mol. The van der Waals surface area contributed by atoms with Crippen molar-refractivity contribution in [2.75, 3.05) is 6.61 Å². The SMILES string of the molecule is CCOC1CC(CC(N)Cc2ccc3ccccc3c2)C1. The summed E-state index contributed by atoms with van der Waals surface area (Å²) in [5.74, 6) is 0.761. The Morgan fingerprint density at radius 2 is 1.90 bits per heavy atom. The summed E-state index contributed by atoms with van der Waals surface area (Å²) in [6.07, 6.45) is 4.98. The molecule has 2 N–H and O–H groups in total. The molecule has 1 aliphatic rings. The standard InChI is InChI=1S/C19H25NO/c1-2-21-19-12-15(13-19)11-18(20)10-14-7-8-16-5-3-4-6-17(16)9-14/h3-9,15,18-19H,2,10-13,20H2,1H3. The van der Waals surface area contributed by atoms with Crippen LogP contribution in [0.4, 0.5) is 0 Å². The number of nitrogens with two attached hydrogens (primary N) is 1. The molecule has 0 aliphatic heterocycles. The maximum atomic E-state index is 6.34. The van der Waals surface area contributed by atoms with Crippen LogP contribution >= 0.6 is 0 Å². The molecule has 2 heteroatoms. The Bertz CT molecular complexity index is 589. The molecule has 0 heterocycles. The van der Waals surface area contributed by atoms with Crippen LogP contribution in [0.15, 0.2) is 42.5 Å². The number of hydrogen-bond acceptors (Lipinski definition) is 2. The minimum atomic E-state index is 0.263. The lowest BCUT2D eigenvalue weighted by Gasteiger charge is -2.36. The number of ether oxygens (including phenoxy) is 1. The summed E-state index contributed by atoms with van der Waals surface area (Å²) in [6, 6.07) is 15.5. The van der Waals surface area contributed by atoms with Gasteiger partial charge in [-0.1, -0.05) is 42.5 Å². The van der Waals surface area contributed by atoms with E-state index in [1.54, 1.807) is 0 Å². The van der Waals surface area contributed by atoms with E-state index in [9.17, 15) is 0 Å². The molecule has 2 aromatic carbocycles. The van der Waals surface area contributed by atoms with Gasteiger partial charge in [-0.2, -0.15) is 0 Å². The van der Waals surface area contributed by atoms with Crippen LogP contribution in [0.3, 0.4) is 0 Å². The highest BCUT2D eigenvalue weighted by Gasteiger charge is 2.30. The first-order valence-electron chi connectivity index (χ1n) is 8.09. The molecule has 1 aliphatic carbocycles. The molecule has 0 spiro atoms. The third-order valence-electron chi connectivity index (χ3n) is 4.54. The lowest BCUT2D eigenvalue weighted by molar-refractivity contribution is -0.0280. The van der Waals surface area contributed by atoms with E-state index in [0.717, 1.165) is 25.4 Å². The first-order valence-corrected chi connectivity index (χ1v) is 8.09. The molecule has 1 saturated carbocycles. The summed E-state index contributed by atoms with van der Waals surface area (Å²) < 4.78 is 5.62. The third kappa shape index (κ3) is 3.63. The fraction of sp³-hybridized carbons (Fsp3) is 0.474. The van der Waals surface area contributed by atoms with E-state index >= 15 is 0 Å². The highest BCUT2D eigenvalue weighted by Crippen LogP contribution is 2.33. The van der Waals surface area contributed by atoms with Crippen molar-refractivity contribution in [3.8, 4) is 0 Å². The van der Waals surface area contributed by atoms with Gasteiger partial charge in [0.2, 0.25) is 0 Å². The molecule has 21 heavy (non-hydrogen) atoms. The van der Waals surface area contributed by atoms with Gasteiger partial charge in [-0.05, 0) is 54.9 Å². The molecule has 112 valence electrons. The van der Waals surface area contributed by atoms with Crippen molar-refractivity contribution in [3.63, 3.8) is 0 Å². The van der Waals surface area contributed by atoms with Gasteiger partial charge in [-0.3, -0.25) is 0 Å². The molecule has 1 fully saturated rings. The van der Waals surface area contributed by atoms with Crippen LogP contribution in [0.25, 0.3) is 10.8 Å². The molecule has 2 aromatic rings. The Labute approximate surface area is 127 Å². The Hall–Kier alpha value is -1.38. The molecular weight excluding hydrogens is 258 g/mol. The van der Waals surface area contributed by atoms with Crippen LogP contribution in [0.2, 0.25) is 0 Å². The van der Waals surface area contributed by atoms with E-state index in [1.165, 1.54) is 29.2 Å². The molecule has 0 bridgehead atoms. The summed E-state index contributed by atoms with van der Waals surface area (Å²) in [5.41, 5.74) is 7.69. The van der Waals surface area contributed by atoms with Crippen molar-refractivity contribution >= 4 is 10.8 Å². The molecule has 0 aromatic heterocycles. The highest BCUT2D eigenvalue weighted by atomic mass is 16.5. The van der Waals surface area contributed by atoms with Gasteiger partial charge in [0.05, 0.1) is 6.10 Å². The van der Waals surface area contributed by atoms with Gasteiger partial charge in [-0.25, -0.2) is 0 Å². The van der Waals surface area contributed by atoms with Crippen LogP contribution in [-0.2, 0) is 11.2 Å². The fourth-order valence-corrected chi connectivity index (χ4v) is 3.42. The van der Waals surface area contributed by atoms with E-state index in [-0.39, 0.29) is 6.04 Å². The lowest BCUT2D eigenvalue weighted by atomic mass is 9.77. The minimum Gasteiger partial charge on any atom is -0.378 e. The van der Waals surface area contributed by atoms with E-state index in [4.69, 9.17) is 10.5 Å². The maximum absolute atomic E-state index is 6.34. The van der Waals surface area contributed by atoms with Gasteiger partial charge in [0.25, 0.3) is 0 Å². The van der Waals surface area contributed by atoms with E-state index < -0.39 is 0 Å². The average Bonchev–Trinajstić information content (AvgIpc) is 2.45. The zero-order valence-corrected chi connectivity index (χ0v) is 12.8. The van der Waals surface area contributed by atoms with E-state index in [1.807, 2.05) is 0 Å². The first-order chi connectivity index (χ1) is 10.2. The van der Waals surface area contributed by atoms with Crippen molar-refractivity contribution in [2.24, 2.45) is 11.7 Å². The minimum absolute atomic E-state index is 0.263. The van der Waals surface area contributed by atoms with Gasteiger partial charge in [0.1, 0.15) is 0 Å². The summed E-state index contributed by atoms with van der Waals surface area (Å²) in [7, 11) is 0. The third-order valence-corrected chi connectivity index (χ3v) is 4.54. The van der Waals surface area contributed by atoms with Crippen LogP contribution in [-0.4, -0.2) is 18.8 Å². The number of fused-ring (bicyclic) bond motifs is 1. The summed E-state index contributed by atoms with van der Waals surface area (Å²) in [6.45, 7) is 2.90. The zero-order chi connectivity index (χ0) is 14.7. The van der Waals surface area contributed by atoms with Crippen molar-refractivity contribution in [3.05, 3.63) is 48.0 Å². The largest absolute Gasteiger partial charge is 0.378 e. The van der Waals surface area contributed by atoms with Crippen LogP contribution in [0, 0.1) is 5.92 Å². The molecule has 0 amide bonds. The van der Waals surface area contributed by atoms with Crippen LogP contribution in [0.5, 0.6) is 0 Å². The summed E-state index contributed by atoms with van der Waals surface area (Å²) in [4.78, 5) is 0. The zero-order valence-electron chi connectivity index (χ0n) is 12.8. The van der Waals surface area contributed by atoms with Crippen LogP contribution < -0.4 is 5.73 Å². The second-order valence-corrected chi connectivity index (χ2v) is 6.30. The van der Waals surface area contributed by atoms with Crippen molar-refractivity contribution in [1.82, 2.24) is 0 Å². The normalized spacial score (nSPS) is 23.0. The molecule has 0 saturated heterocycles. The number of hydrogen-bond donors (Lipinski definition) is 1. The van der Waals surface area contributed by atoms with E-state index in [2.05, 4.69) is 49.4 Å². The molecule has 3 rings (SSSR count). The van der Waals surface area contributed by atoms with Gasteiger partial charge in [0.15, 0.2) is 0 Å². The molecule has 0 radical (unpaired) electrons. The van der Waals surface area contributed by atoms with Gasteiger partial charge in [-0.15, -0.1) is 0 Å². The quantitative estimate of drug-likeness (QED) is 0.872. The second-order valence-electron chi connectivity index (χ2n) is 6.30. The Balaban J connectivity index is 1.53. The Morgan fingerprint density at radius 3 is 2.67 bits per heavy atom. The van der Waals surface area contributed by atoms with Crippen LogP contribution in [0.1, 0.15) is 31.7 Å². The fourth-order valence-electron chi connectivity index (χ4n) is 3.42. The molecule has 1 atom stereocenters. The number of benzene rings is 2. The van der Waals surface area contributed by atoms with Gasteiger partial charge < -0.3 is 10.5 Å². The monoisotopic (exact) mass is 283 g/mol. The Morgan fingerprint density at radius 1 is 1.14 bits per heavy atom. The average molecular weight is 283 g/mol. The number of rotatable bonds is 6. The van der Waals surface area contributed by atoms with Crippen molar-refractivity contribution in [2.45, 2.75) is 44.8 Å². The van der Waals surface area contributed by atoms with Gasteiger partial charge >= 0.3 is 0 Å². The molecule has 1 unspecified atom stereocenters. The predicted octanol–water partition coefficient (Wildman–Crippen LogP) is 3.91. The lowest BCUT2D eigenvalue weighted by Crippen LogP contribution is -2.36. The molecular formula is C19H25NO. The summed E-state index contributed by atoms with van der Waals surface area (Å²) >= 11 is 0. The highest BCUT2D eigenvalue weighted by molar-refractivity contribution is 5.82.